The van der Waals surface area contributed by atoms with Crippen LogP contribution >= 0.6 is 15.9 Å². The average Bonchev–Trinajstić information content (AvgIpc) is 2.48. The largest absolute Gasteiger partial charge is 0.481 e. The second-order valence-electron chi connectivity index (χ2n) is 5.30. The minimum absolute atomic E-state index is 0.123. The van der Waals surface area contributed by atoms with E-state index in [1.807, 2.05) is 24.3 Å². The van der Waals surface area contributed by atoms with Gasteiger partial charge in [-0.2, -0.15) is 0 Å². The molecular weight excluding hydrogens is 336 g/mol. The van der Waals surface area contributed by atoms with Crippen LogP contribution in [0.4, 0.5) is 10.5 Å². The van der Waals surface area contributed by atoms with Gasteiger partial charge in [-0.1, -0.05) is 12.1 Å². The number of benzene rings is 1. The number of piperidine rings is 1. The molecule has 5 nitrogen and oxygen atoms in total. The molecule has 1 unspecified atom stereocenters. The zero-order chi connectivity index (χ0) is 15.2. The Morgan fingerprint density at radius 2 is 2.14 bits per heavy atom. The highest BCUT2D eigenvalue weighted by Gasteiger charge is 2.24. The Bertz CT molecular complexity index is 521. The van der Waals surface area contributed by atoms with Gasteiger partial charge in [0.25, 0.3) is 0 Å². The second kappa shape index (κ2) is 7.45. The van der Waals surface area contributed by atoms with Crippen LogP contribution in [0.15, 0.2) is 28.7 Å². The highest BCUT2D eigenvalue weighted by molar-refractivity contribution is 9.10. The molecule has 1 aromatic rings. The van der Waals surface area contributed by atoms with E-state index in [2.05, 4.69) is 21.2 Å². The summed E-state index contributed by atoms with van der Waals surface area (Å²) in [5.74, 6) is -0.496. The van der Waals surface area contributed by atoms with Crippen LogP contribution in [0, 0.1) is 5.92 Å². The molecule has 1 saturated heterocycles. The standard InChI is InChI=1S/C15H19BrN2O3/c16-12-5-1-2-6-13(12)17-15(21)18-9-3-4-11(10-18)7-8-14(19)20/h1-2,5-6,11H,3-4,7-10H2,(H,17,21)(H,19,20). The number of likely N-dealkylation sites (tertiary alicyclic amines) is 1. The Morgan fingerprint density at radius 1 is 1.38 bits per heavy atom. The first-order chi connectivity index (χ1) is 10.1. The van der Waals surface area contributed by atoms with Crippen LogP contribution in [0.2, 0.25) is 0 Å². The van der Waals surface area contributed by atoms with Crippen molar-refractivity contribution in [2.45, 2.75) is 25.7 Å². The highest BCUT2D eigenvalue weighted by atomic mass is 79.9. The number of urea groups is 1. The summed E-state index contributed by atoms with van der Waals surface area (Å²) in [6.45, 7) is 1.35. The molecule has 1 atom stereocenters. The number of anilines is 1. The number of para-hydroxylation sites is 1. The quantitative estimate of drug-likeness (QED) is 0.868. The minimum atomic E-state index is -0.773. The van der Waals surface area contributed by atoms with Gasteiger partial charge in [0.05, 0.1) is 5.69 Å². The molecule has 2 rings (SSSR count). The molecule has 0 radical (unpaired) electrons. The first-order valence-corrected chi connectivity index (χ1v) is 7.88. The number of amides is 2. The number of rotatable bonds is 4. The maximum absolute atomic E-state index is 12.3. The monoisotopic (exact) mass is 354 g/mol. The number of halogens is 1. The molecule has 0 aliphatic carbocycles. The Balaban J connectivity index is 1.90. The van der Waals surface area contributed by atoms with Crippen molar-refractivity contribution in [1.29, 1.82) is 0 Å². The van der Waals surface area contributed by atoms with Gasteiger partial charge in [-0.3, -0.25) is 4.79 Å². The van der Waals surface area contributed by atoms with Gasteiger partial charge in [-0.05, 0) is 53.2 Å². The number of hydrogen-bond donors (Lipinski definition) is 2. The molecule has 6 heteroatoms. The topological polar surface area (TPSA) is 69.6 Å². The average molecular weight is 355 g/mol. The van der Waals surface area contributed by atoms with E-state index in [9.17, 15) is 9.59 Å². The maximum atomic E-state index is 12.3. The third-order valence-electron chi connectivity index (χ3n) is 3.69. The summed E-state index contributed by atoms with van der Waals surface area (Å²) in [5.41, 5.74) is 0.746. The van der Waals surface area contributed by atoms with Crippen LogP contribution in [0.3, 0.4) is 0 Å². The van der Waals surface area contributed by atoms with E-state index in [0.717, 1.165) is 29.5 Å². The van der Waals surface area contributed by atoms with Crippen molar-refractivity contribution in [3.63, 3.8) is 0 Å². The first kappa shape index (κ1) is 15.8. The van der Waals surface area contributed by atoms with E-state index in [0.29, 0.717) is 13.0 Å². The molecule has 1 aliphatic heterocycles. The third-order valence-corrected chi connectivity index (χ3v) is 4.38. The molecular formula is C15H19BrN2O3. The van der Waals surface area contributed by atoms with Gasteiger partial charge in [-0.15, -0.1) is 0 Å². The maximum Gasteiger partial charge on any atom is 0.321 e. The molecule has 2 amide bonds. The van der Waals surface area contributed by atoms with Gasteiger partial charge >= 0.3 is 12.0 Å². The number of carbonyl (C=O) groups is 2. The van der Waals surface area contributed by atoms with Crippen molar-refractivity contribution in [1.82, 2.24) is 4.90 Å². The smallest absolute Gasteiger partial charge is 0.321 e. The molecule has 114 valence electrons. The summed E-state index contributed by atoms with van der Waals surface area (Å²) in [5, 5.41) is 11.6. The van der Waals surface area contributed by atoms with Gasteiger partial charge in [0.2, 0.25) is 0 Å². The van der Waals surface area contributed by atoms with Crippen LogP contribution in [-0.4, -0.2) is 35.1 Å². The summed E-state index contributed by atoms with van der Waals surface area (Å²) in [4.78, 5) is 24.7. The number of carbonyl (C=O) groups excluding carboxylic acids is 1. The number of nitrogens with one attached hydrogen (secondary N) is 1. The van der Waals surface area contributed by atoms with Crippen LogP contribution in [0.5, 0.6) is 0 Å². The number of carboxylic acid groups (broad SMARTS) is 1. The van der Waals surface area contributed by atoms with Crippen molar-refractivity contribution in [2.24, 2.45) is 5.92 Å². The summed E-state index contributed by atoms with van der Waals surface area (Å²) in [6, 6.07) is 7.35. The van der Waals surface area contributed by atoms with Crippen molar-refractivity contribution >= 4 is 33.6 Å². The summed E-state index contributed by atoms with van der Waals surface area (Å²) >= 11 is 3.40. The van der Waals surface area contributed by atoms with Gasteiger partial charge in [0, 0.05) is 24.0 Å². The van der Waals surface area contributed by atoms with Gasteiger partial charge < -0.3 is 15.3 Å². The lowest BCUT2D eigenvalue weighted by Crippen LogP contribution is -2.42. The fourth-order valence-electron chi connectivity index (χ4n) is 2.57. The summed E-state index contributed by atoms with van der Waals surface area (Å²) in [6.07, 6.45) is 2.72. The normalized spacial score (nSPS) is 18.3. The molecule has 1 aliphatic rings. The summed E-state index contributed by atoms with van der Waals surface area (Å²) < 4.78 is 0.845. The molecule has 1 aromatic carbocycles. The molecule has 0 bridgehead atoms. The first-order valence-electron chi connectivity index (χ1n) is 7.08. The van der Waals surface area contributed by atoms with E-state index in [-0.39, 0.29) is 18.4 Å². The zero-order valence-corrected chi connectivity index (χ0v) is 13.3. The van der Waals surface area contributed by atoms with Gasteiger partial charge in [-0.25, -0.2) is 4.79 Å². The number of nitrogens with zero attached hydrogens (tertiary/aromatic N) is 1. The van der Waals surface area contributed by atoms with E-state index < -0.39 is 5.97 Å². The predicted molar refractivity (Wildman–Crippen MR) is 84.3 cm³/mol. The van der Waals surface area contributed by atoms with E-state index in [1.165, 1.54) is 0 Å². The third kappa shape index (κ3) is 4.74. The van der Waals surface area contributed by atoms with Crippen molar-refractivity contribution in [2.75, 3.05) is 18.4 Å². The number of aliphatic carboxylic acids is 1. The van der Waals surface area contributed by atoms with E-state index in [1.54, 1.807) is 4.90 Å². The lowest BCUT2D eigenvalue weighted by molar-refractivity contribution is -0.137. The van der Waals surface area contributed by atoms with Crippen LogP contribution in [0.25, 0.3) is 0 Å². The fourth-order valence-corrected chi connectivity index (χ4v) is 2.95. The molecule has 1 fully saturated rings. The Morgan fingerprint density at radius 3 is 2.86 bits per heavy atom. The Labute approximate surface area is 132 Å². The van der Waals surface area contributed by atoms with Gasteiger partial charge in [0.1, 0.15) is 0 Å². The van der Waals surface area contributed by atoms with Crippen molar-refractivity contribution in [3.05, 3.63) is 28.7 Å². The fraction of sp³-hybridized carbons (Fsp3) is 0.467. The van der Waals surface area contributed by atoms with Crippen LogP contribution in [-0.2, 0) is 4.79 Å². The lowest BCUT2D eigenvalue weighted by atomic mass is 9.93. The Hall–Kier alpha value is -1.56. The zero-order valence-electron chi connectivity index (χ0n) is 11.7. The molecule has 2 N–H and O–H groups in total. The summed E-state index contributed by atoms with van der Waals surface area (Å²) in [7, 11) is 0. The molecule has 0 aromatic heterocycles. The SMILES string of the molecule is O=C(O)CCC1CCCN(C(=O)Nc2ccccc2Br)C1. The second-order valence-corrected chi connectivity index (χ2v) is 6.15. The highest BCUT2D eigenvalue weighted by Crippen LogP contribution is 2.24. The molecule has 0 saturated carbocycles. The van der Waals surface area contributed by atoms with E-state index in [4.69, 9.17) is 5.11 Å². The van der Waals surface area contributed by atoms with E-state index >= 15 is 0 Å². The van der Waals surface area contributed by atoms with Crippen molar-refractivity contribution < 1.29 is 14.7 Å². The minimum Gasteiger partial charge on any atom is -0.481 e. The van der Waals surface area contributed by atoms with Crippen molar-refractivity contribution in [3.8, 4) is 0 Å². The number of carboxylic acids is 1. The lowest BCUT2D eigenvalue weighted by Gasteiger charge is -2.32. The molecule has 1 heterocycles. The molecule has 21 heavy (non-hydrogen) atoms. The predicted octanol–water partition coefficient (Wildman–Crippen LogP) is 3.56. The van der Waals surface area contributed by atoms with Crippen LogP contribution in [0.1, 0.15) is 25.7 Å². The molecule has 0 spiro atoms. The Kier molecular flexibility index (Phi) is 5.61. The van der Waals surface area contributed by atoms with Crippen LogP contribution < -0.4 is 5.32 Å². The number of hydrogen-bond acceptors (Lipinski definition) is 2. The van der Waals surface area contributed by atoms with Gasteiger partial charge in [0.15, 0.2) is 0 Å².